The molecular formula is C19H27NO4. The highest BCUT2D eigenvalue weighted by Crippen LogP contribution is 2.17. The molecule has 5 heteroatoms. The molecule has 2 rings (SSSR count). The number of para-hydroxylation sites is 1. The first-order valence-electron chi connectivity index (χ1n) is 8.83. The minimum absolute atomic E-state index is 0.121. The van der Waals surface area contributed by atoms with Gasteiger partial charge in [-0.05, 0) is 31.9 Å². The van der Waals surface area contributed by atoms with Gasteiger partial charge >= 0.3 is 5.97 Å². The van der Waals surface area contributed by atoms with Crippen LogP contribution in [0.25, 0.3) is 0 Å². The standard InChI is InChI=1S/C19H27NO4/c1-15(19(22)20-16-9-5-2-3-6-10-16)24-18(21)13-14-23-17-11-7-4-8-12-17/h4,7-8,11-12,15-16H,2-3,5-6,9-10,13-14H2,1H3,(H,20,22)/t15-/m0/s1. The largest absolute Gasteiger partial charge is 0.493 e. The number of amides is 1. The van der Waals surface area contributed by atoms with Gasteiger partial charge in [-0.2, -0.15) is 0 Å². The number of rotatable bonds is 7. The predicted octanol–water partition coefficient (Wildman–Crippen LogP) is 3.23. The van der Waals surface area contributed by atoms with Crippen molar-refractivity contribution >= 4 is 11.9 Å². The van der Waals surface area contributed by atoms with Crippen molar-refractivity contribution in [3.63, 3.8) is 0 Å². The summed E-state index contributed by atoms with van der Waals surface area (Å²) in [6.45, 7) is 1.85. The van der Waals surface area contributed by atoms with E-state index in [4.69, 9.17) is 9.47 Å². The van der Waals surface area contributed by atoms with E-state index in [-0.39, 0.29) is 25.0 Å². The molecule has 1 saturated carbocycles. The third kappa shape index (κ3) is 6.60. The summed E-state index contributed by atoms with van der Waals surface area (Å²) in [5.74, 6) is 0.0816. The van der Waals surface area contributed by atoms with Gasteiger partial charge in [0.25, 0.3) is 5.91 Å². The number of esters is 1. The van der Waals surface area contributed by atoms with Gasteiger partial charge in [0, 0.05) is 6.04 Å². The molecule has 5 nitrogen and oxygen atoms in total. The molecule has 24 heavy (non-hydrogen) atoms. The Hall–Kier alpha value is -2.04. The summed E-state index contributed by atoms with van der Waals surface area (Å²) in [6, 6.07) is 9.50. The Morgan fingerprint density at radius 1 is 1.12 bits per heavy atom. The van der Waals surface area contributed by atoms with Crippen LogP contribution in [0.1, 0.15) is 51.9 Å². The summed E-state index contributed by atoms with van der Waals surface area (Å²) in [6.07, 6.45) is 6.14. The zero-order valence-electron chi connectivity index (χ0n) is 14.3. The minimum Gasteiger partial charge on any atom is -0.493 e. The fourth-order valence-corrected chi connectivity index (χ4v) is 2.82. The average Bonchev–Trinajstić information content (AvgIpc) is 2.84. The van der Waals surface area contributed by atoms with E-state index >= 15 is 0 Å². The highest BCUT2D eigenvalue weighted by Gasteiger charge is 2.21. The molecule has 1 aromatic carbocycles. The minimum atomic E-state index is -0.766. The van der Waals surface area contributed by atoms with Crippen molar-refractivity contribution in [2.75, 3.05) is 6.61 Å². The first kappa shape index (κ1) is 18.3. The number of benzene rings is 1. The average molecular weight is 333 g/mol. The lowest BCUT2D eigenvalue weighted by Gasteiger charge is -2.19. The van der Waals surface area contributed by atoms with E-state index in [1.807, 2.05) is 30.3 Å². The van der Waals surface area contributed by atoms with Crippen LogP contribution in [0.4, 0.5) is 0 Å². The van der Waals surface area contributed by atoms with Crippen molar-refractivity contribution < 1.29 is 19.1 Å². The predicted molar refractivity (Wildman–Crippen MR) is 91.7 cm³/mol. The number of hydrogen-bond donors (Lipinski definition) is 1. The quantitative estimate of drug-likeness (QED) is 0.614. The molecule has 1 atom stereocenters. The summed E-state index contributed by atoms with van der Waals surface area (Å²) >= 11 is 0. The SMILES string of the molecule is C[C@H](OC(=O)CCOc1ccccc1)C(=O)NC1CCCCCC1. The second-order valence-corrected chi connectivity index (χ2v) is 6.24. The van der Waals surface area contributed by atoms with Crippen molar-refractivity contribution in [3.8, 4) is 5.75 Å². The molecule has 132 valence electrons. The summed E-state index contributed by atoms with van der Waals surface area (Å²) < 4.78 is 10.6. The fraction of sp³-hybridized carbons (Fsp3) is 0.579. The van der Waals surface area contributed by atoms with Crippen LogP contribution < -0.4 is 10.1 Å². The number of ether oxygens (including phenoxy) is 2. The summed E-state index contributed by atoms with van der Waals surface area (Å²) in [7, 11) is 0. The van der Waals surface area contributed by atoms with Crippen LogP contribution in [0.5, 0.6) is 5.75 Å². The molecule has 0 unspecified atom stereocenters. The van der Waals surface area contributed by atoms with E-state index in [0.29, 0.717) is 5.75 Å². The van der Waals surface area contributed by atoms with Crippen molar-refractivity contribution in [1.82, 2.24) is 5.32 Å². The molecule has 0 aromatic heterocycles. The Bertz CT molecular complexity index is 509. The smallest absolute Gasteiger partial charge is 0.310 e. The lowest BCUT2D eigenvalue weighted by atomic mass is 10.1. The molecule has 0 heterocycles. The molecule has 1 fully saturated rings. The van der Waals surface area contributed by atoms with Gasteiger partial charge < -0.3 is 14.8 Å². The van der Waals surface area contributed by atoms with Crippen molar-refractivity contribution in [2.24, 2.45) is 0 Å². The Morgan fingerprint density at radius 3 is 2.46 bits per heavy atom. The van der Waals surface area contributed by atoms with Crippen LogP contribution >= 0.6 is 0 Å². The molecule has 1 aliphatic carbocycles. The van der Waals surface area contributed by atoms with Crippen molar-refractivity contribution in [1.29, 1.82) is 0 Å². The van der Waals surface area contributed by atoms with Crippen LogP contribution in [0, 0.1) is 0 Å². The van der Waals surface area contributed by atoms with Gasteiger partial charge in [-0.3, -0.25) is 9.59 Å². The van der Waals surface area contributed by atoms with Gasteiger partial charge in [0.1, 0.15) is 5.75 Å². The number of hydrogen-bond acceptors (Lipinski definition) is 4. The van der Waals surface area contributed by atoms with Crippen LogP contribution in [-0.4, -0.2) is 30.6 Å². The van der Waals surface area contributed by atoms with E-state index in [1.165, 1.54) is 12.8 Å². The second-order valence-electron chi connectivity index (χ2n) is 6.24. The van der Waals surface area contributed by atoms with Gasteiger partial charge in [-0.15, -0.1) is 0 Å². The molecule has 1 N–H and O–H groups in total. The van der Waals surface area contributed by atoms with Crippen LogP contribution in [0.15, 0.2) is 30.3 Å². The number of nitrogens with one attached hydrogen (secondary N) is 1. The summed E-state index contributed by atoms with van der Waals surface area (Å²) in [5.41, 5.74) is 0. The monoisotopic (exact) mass is 333 g/mol. The zero-order chi connectivity index (χ0) is 17.2. The van der Waals surface area contributed by atoms with E-state index in [0.717, 1.165) is 25.7 Å². The molecule has 0 spiro atoms. The lowest BCUT2D eigenvalue weighted by Crippen LogP contribution is -2.42. The zero-order valence-corrected chi connectivity index (χ0v) is 14.3. The topological polar surface area (TPSA) is 64.6 Å². The first-order valence-corrected chi connectivity index (χ1v) is 8.83. The molecule has 0 aliphatic heterocycles. The first-order chi connectivity index (χ1) is 11.6. The molecule has 1 aromatic rings. The number of carbonyl (C=O) groups excluding carboxylic acids is 2. The molecule has 0 bridgehead atoms. The Labute approximate surface area is 143 Å². The van der Waals surface area contributed by atoms with E-state index < -0.39 is 12.1 Å². The maximum atomic E-state index is 12.1. The van der Waals surface area contributed by atoms with Gasteiger partial charge in [-0.25, -0.2) is 0 Å². The Balaban J connectivity index is 1.65. The highest BCUT2D eigenvalue weighted by molar-refractivity contribution is 5.83. The molecule has 0 radical (unpaired) electrons. The summed E-state index contributed by atoms with van der Waals surface area (Å²) in [4.78, 5) is 23.9. The van der Waals surface area contributed by atoms with Crippen molar-refractivity contribution in [3.05, 3.63) is 30.3 Å². The maximum absolute atomic E-state index is 12.1. The van der Waals surface area contributed by atoms with Crippen molar-refractivity contribution in [2.45, 2.75) is 64.0 Å². The van der Waals surface area contributed by atoms with E-state index in [2.05, 4.69) is 5.32 Å². The highest BCUT2D eigenvalue weighted by atomic mass is 16.5. The van der Waals surface area contributed by atoms with E-state index in [9.17, 15) is 9.59 Å². The molecule has 1 aliphatic rings. The lowest BCUT2D eigenvalue weighted by molar-refractivity contribution is -0.155. The second kappa shape index (κ2) is 9.96. The third-order valence-corrected chi connectivity index (χ3v) is 4.20. The molecule has 1 amide bonds. The molecule has 0 saturated heterocycles. The normalized spacial score (nSPS) is 16.7. The Kier molecular flexibility index (Phi) is 7.59. The Morgan fingerprint density at radius 2 is 1.79 bits per heavy atom. The van der Waals surface area contributed by atoms with Gasteiger partial charge in [0.15, 0.2) is 6.10 Å². The van der Waals surface area contributed by atoms with E-state index in [1.54, 1.807) is 6.92 Å². The third-order valence-electron chi connectivity index (χ3n) is 4.20. The molecular weight excluding hydrogens is 306 g/mol. The fourth-order valence-electron chi connectivity index (χ4n) is 2.82. The van der Waals surface area contributed by atoms with Gasteiger partial charge in [-0.1, -0.05) is 43.9 Å². The summed E-state index contributed by atoms with van der Waals surface area (Å²) in [5, 5.41) is 3.00. The van der Waals surface area contributed by atoms with Crippen LogP contribution in [0.3, 0.4) is 0 Å². The van der Waals surface area contributed by atoms with Gasteiger partial charge in [0.2, 0.25) is 0 Å². The van der Waals surface area contributed by atoms with Crippen LogP contribution in [0.2, 0.25) is 0 Å². The number of carbonyl (C=O) groups is 2. The maximum Gasteiger partial charge on any atom is 0.310 e. The van der Waals surface area contributed by atoms with Crippen LogP contribution in [-0.2, 0) is 14.3 Å². The van der Waals surface area contributed by atoms with Gasteiger partial charge in [0.05, 0.1) is 13.0 Å².